The first-order valence-corrected chi connectivity index (χ1v) is 17.1. The number of unbranched alkanes of at least 4 members (excludes halogenated alkanes) is 2. The fourth-order valence-corrected chi connectivity index (χ4v) is 5.42. The lowest BCUT2D eigenvalue weighted by molar-refractivity contribution is -0.161. The Hall–Kier alpha value is -4.41. The number of carbonyl (C=O) groups is 5. The van der Waals surface area contributed by atoms with Crippen LogP contribution < -0.4 is 0 Å². The molecule has 0 N–H and O–H groups in total. The molecule has 0 aliphatic heterocycles. The summed E-state index contributed by atoms with van der Waals surface area (Å²) in [5.41, 5.74) is 0.251. The van der Waals surface area contributed by atoms with Crippen molar-refractivity contribution < 1.29 is 52.4 Å². The summed E-state index contributed by atoms with van der Waals surface area (Å²) in [4.78, 5) is 61.3. The number of ether oxygens (including phenoxy) is 6. The molecule has 0 aromatic rings. The summed E-state index contributed by atoms with van der Waals surface area (Å²) in [6.07, 6.45) is 15.6. The van der Waals surface area contributed by atoms with Crippen LogP contribution in [0.4, 0.5) is 0 Å². The first-order chi connectivity index (χ1) is 23.7. The zero-order chi connectivity index (χ0) is 35.9. The Balaban J connectivity index is 1.60. The van der Waals surface area contributed by atoms with Crippen molar-refractivity contribution in [2.75, 3.05) is 33.0 Å². The Kier molecular flexibility index (Phi) is 19.8. The molecule has 0 saturated heterocycles. The zero-order valence-corrected chi connectivity index (χ0v) is 28.6. The van der Waals surface area contributed by atoms with Crippen LogP contribution in [0.15, 0.2) is 74.1 Å². The van der Waals surface area contributed by atoms with E-state index in [1.807, 2.05) is 0 Å². The van der Waals surface area contributed by atoms with E-state index in [4.69, 9.17) is 28.4 Å². The Morgan fingerprint density at radius 3 is 1.67 bits per heavy atom. The number of allylic oxidation sites excluding steroid dienone is 3. The van der Waals surface area contributed by atoms with Gasteiger partial charge in [0, 0.05) is 6.08 Å². The third-order valence-electron chi connectivity index (χ3n) is 8.32. The molecule has 11 heteroatoms. The van der Waals surface area contributed by atoms with Crippen molar-refractivity contribution in [2.45, 2.75) is 83.2 Å². The highest BCUT2D eigenvalue weighted by Gasteiger charge is 2.34. The third-order valence-corrected chi connectivity index (χ3v) is 8.32. The van der Waals surface area contributed by atoms with Crippen LogP contribution >= 0.6 is 0 Å². The van der Waals surface area contributed by atoms with E-state index in [-0.39, 0.29) is 67.2 Å². The van der Waals surface area contributed by atoms with Crippen LogP contribution in [-0.4, -0.2) is 69.0 Å². The van der Waals surface area contributed by atoms with Crippen molar-refractivity contribution in [3.05, 3.63) is 74.1 Å². The number of carbonyl (C=O) groups excluding carboxylic acids is 5. The second-order valence-corrected chi connectivity index (χ2v) is 12.0. The minimum absolute atomic E-state index is 0.0188. The van der Waals surface area contributed by atoms with Gasteiger partial charge >= 0.3 is 29.8 Å². The van der Waals surface area contributed by atoms with Gasteiger partial charge < -0.3 is 28.4 Å². The van der Waals surface area contributed by atoms with Gasteiger partial charge in [0.2, 0.25) is 0 Å². The monoisotopic (exact) mass is 684 g/mol. The molecule has 0 bridgehead atoms. The number of rotatable bonds is 22. The van der Waals surface area contributed by atoms with Gasteiger partial charge in [-0.3, -0.25) is 14.4 Å². The minimum atomic E-state index is -0.549. The Morgan fingerprint density at radius 1 is 0.592 bits per heavy atom. The molecule has 0 radical (unpaired) electrons. The zero-order valence-electron chi connectivity index (χ0n) is 28.6. The van der Waals surface area contributed by atoms with Crippen LogP contribution in [0.25, 0.3) is 0 Å². The standard InChI is InChI=1S/C38H52O11/c1-5-13-29(35(40)46-26-11-9-24-45-34(39)7-3)14-12-27-48-36(41)30-15-17-32(18-16-30)38(43)49-33-21-19-31(20-22-33)37(42)47-25-10-8-23-44-28(4)6-2/h5-7,12-14,30-33H,1-4,8-11,15-27H2/b14-12-,29-13+. The van der Waals surface area contributed by atoms with E-state index >= 15 is 0 Å². The fourth-order valence-electron chi connectivity index (χ4n) is 5.42. The van der Waals surface area contributed by atoms with Gasteiger partial charge in [-0.15, -0.1) is 0 Å². The molecule has 0 aromatic carbocycles. The van der Waals surface area contributed by atoms with Crippen LogP contribution in [0.2, 0.25) is 0 Å². The quantitative estimate of drug-likeness (QED) is 0.0322. The molecule has 0 heterocycles. The largest absolute Gasteiger partial charge is 0.494 e. The molecule has 0 spiro atoms. The van der Waals surface area contributed by atoms with Crippen LogP contribution in [0.1, 0.15) is 77.0 Å². The maximum absolute atomic E-state index is 12.8. The van der Waals surface area contributed by atoms with E-state index in [9.17, 15) is 24.0 Å². The third kappa shape index (κ3) is 16.5. The summed E-state index contributed by atoms with van der Waals surface area (Å²) >= 11 is 0. The van der Waals surface area contributed by atoms with Gasteiger partial charge in [-0.1, -0.05) is 32.4 Å². The first kappa shape index (κ1) is 40.8. The van der Waals surface area contributed by atoms with Crippen molar-refractivity contribution >= 4 is 29.8 Å². The number of esters is 5. The summed E-state index contributed by atoms with van der Waals surface area (Å²) in [5, 5.41) is 0. The summed E-state index contributed by atoms with van der Waals surface area (Å²) in [7, 11) is 0. The van der Waals surface area contributed by atoms with Crippen LogP contribution in [0.3, 0.4) is 0 Å². The van der Waals surface area contributed by atoms with Crippen LogP contribution in [0, 0.1) is 17.8 Å². The highest BCUT2D eigenvalue weighted by Crippen LogP contribution is 2.33. The molecule has 270 valence electrons. The van der Waals surface area contributed by atoms with Gasteiger partial charge in [0.15, 0.2) is 0 Å². The molecule has 2 saturated carbocycles. The highest BCUT2D eigenvalue weighted by atomic mass is 16.6. The minimum Gasteiger partial charge on any atom is -0.494 e. The van der Waals surface area contributed by atoms with E-state index in [0.717, 1.165) is 12.5 Å². The van der Waals surface area contributed by atoms with Crippen molar-refractivity contribution in [1.29, 1.82) is 0 Å². The highest BCUT2D eigenvalue weighted by molar-refractivity contribution is 5.91. The molecule has 2 aliphatic rings. The van der Waals surface area contributed by atoms with Crippen LogP contribution in [-0.2, 0) is 52.4 Å². The van der Waals surface area contributed by atoms with Crippen molar-refractivity contribution in [2.24, 2.45) is 17.8 Å². The maximum atomic E-state index is 12.8. The van der Waals surface area contributed by atoms with E-state index in [0.29, 0.717) is 89.6 Å². The van der Waals surface area contributed by atoms with E-state index in [2.05, 4.69) is 26.3 Å². The van der Waals surface area contributed by atoms with Crippen LogP contribution in [0.5, 0.6) is 0 Å². The molecule has 0 atom stereocenters. The molecular formula is C38H52O11. The molecule has 0 unspecified atom stereocenters. The van der Waals surface area contributed by atoms with Gasteiger partial charge in [-0.2, -0.15) is 0 Å². The van der Waals surface area contributed by atoms with Crippen molar-refractivity contribution in [1.82, 2.24) is 0 Å². The van der Waals surface area contributed by atoms with E-state index in [1.54, 1.807) is 12.2 Å². The normalized spacial score (nSPS) is 20.7. The molecule has 2 rings (SSSR count). The summed E-state index contributed by atoms with van der Waals surface area (Å²) in [6.45, 7) is 15.4. The average molecular weight is 685 g/mol. The lowest BCUT2D eigenvalue weighted by Crippen LogP contribution is -2.33. The van der Waals surface area contributed by atoms with E-state index < -0.39 is 11.9 Å². The molecule has 2 fully saturated rings. The van der Waals surface area contributed by atoms with Crippen molar-refractivity contribution in [3.8, 4) is 0 Å². The fraction of sp³-hybridized carbons (Fsp3) is 0.553. The van der Waals surface area contributed by atoms with E-state index in [1.165, 1.54) is 18.2 Å². The summed E-state index contributed by atoms with van der Waals surface area (Å²) in [5.74, 6) is -2.07. The topological polar surface area (TPSA) is 141 Å². The predicted octanol–water partition coefficient (Wildman–Crippen LogP) is 6.20. The lowest BCUT2D eigenvalue weighted by Gasteiger charge is -2.30. The van der Waals surface area contributed by atoms with Gasteiger partial charge in [-0.05, 0) is 101 Å². The Bertz CT molecular complexity index is 1200. The second-order valence-electron chi connectivity index (χ2n) is 12.0. The molecule has 49 heavy (non-hydrogen) atoms. The molecule has 0 amide bonds. The van der Waals surface area contributed by atoms with Gasteiger partial charge in [0.1, 0.15) is 18.5 Å². The maximum Gasteiger partial charge on any atom is 0.338 e. The van der Waals surface area contributed by atoms with Gasteiger partial charge in [0.05, 0.1) is 49.8 Å². The number of hydrogen-bond acceptors (Lipinski definition) is 11. The number of hydrogen-bond donors (Lipinski definition) is 0. The average Bonchev–Trinajstić information content (AvgIpc) is 3.12. The summed E-state index contributed by atoms with van der Waals surface area (Å²) < 4.78 is 32.1. The summed E-state index contributed by atoms with van der Waals surface area (Å²) in [6, 6.07) is 0. The molecule has 11 nitrogen and oxygen atoms in total. The Morgan fingerprint density at radius 2 is 1.10 bits per heavy atom. The van der Waals surface area contributed by atoms with Gasteiger partial charge in [0.25, 0.3) is 0 Å². The second kappa shape index (κ2) is 23.8. The molecule has 2 aliphatic carbocycles. The first-order valence-electron chi connectivity index (χ1n) is 17.1. The lowest BCUT2D eigenvalue weighted by atomic mass is 9.82. The predicted molar refractivity (Wildman–Crippen MR) is 182 cm³/mol. The molecule has 0 aromatic heterocycles. The van der Waals surface area contributed by atoms with Gasteiger partial charge in [-0.25, -0.2) is 9.59 Å². The van der Waals surface area contributed by atoms with Crippen molar-refractivity contribution in [3.63, 3.8) is 0 Å². The smallest absolute Gasteiger partial charge is 0.338 e. The SMILES string of the molecule is C=C/C=C(\C=C/COC(=O)C1CCC(C(=O)OC2CCC(C(=O)OCCCCOC(=C)C=C)CC2)CC1)C(=O)OCCCCOC(=O)C=C. The Labute approximate surface area is 290 Å². The molecular weight excluding hydrogens is 632 g/mol.